The molecule has 2 rings (SSSR count). The van der Waals surface area contributed by atoms with Gasteiger partial charge in [0.2, 0.25) is 0 Å². The van der Waals surface area contributed by atoms with Crippen LogP contribution in [0, 0.1) is 19.7 Å². The number of rotatable bonds is 8. The number of benzene rings is 1. The second-order valence-corrected chi connectivity index (χ2v) is 6.12. The van der Waals surface area contributed by atoms with Gasteiger partial charge < -0.3 is 9.84 Å². The Balaban J connectivity index is 2.12. The monoisotopic (exact) mass is 349 g/mol. The van der Waals surface area contributed by atoms with Crippen molar-refractivity contribution in [1.29, 1.82) is 0 Å². The van der Waals surface area contributed by atoms with E-state index in [0.29, 0.717) is 17.9 Å². The number of H-pyrrole nitrogens is 1. The summed E-state index contributed by atoms with van der Waals surface area (Å²) < 4.78 is 18.8. The molecule has 0 aliphatic carbocycles. The van der Waals surface area contributed by atoms with Crippen LogP contribution >= 0.6 is 0 Å². The van der Waals surface area contributed by atoms with Crippen LogP contribution in [-0.2, 0) is 11.2 Å². The third-order valence-electron chi connectivity index (χ3n) is 4.38. The molecule has 0 aliphatic heterocycles. The maximum absolute atomic E-state index is 13.6. The molecule has 25 heavy (non-hydrogen) atoms. The number of aryl methyl sites for hydroxylation is 2. The number of ether oxygens (including phenoxy) is 1. The minimum absolute atomic E-state index is 0.313. The number of carbonyl (C=O) groups is 1. The number of carboxylic acid groups (broad SMARTS) is 1. The number of likely N-dealkylation sites (N-methyl/N-ethyl adjacent to an activating group) is 1. The number of aromatic amines is 1. The summed E-state index contributed by atoms with van der Waals surface area (Å²) in [6.07, 6.45) is 1.56. The Bertz CT molecular complexity index is 726. The molecule has 0 unspecified atom stereocenters. The molecular formula is C18H24FN3O3. The second-order valence-electron chi connectivity index (χ2n) is 6.12. The Morgan fingerprint density at radius 1 is 1.44 bits per heavy atom. The zero-order valence-electron chi connectivity index (χ0n) is 15.0. The van der Waals surface area contributed by atoms with E-state index >= 15 is 0 Å². The van der Waals surface area contributed by atoms with E-state index in [9.17, 15) is 14.3 Å². The van der Waals surface area contributed by atoms with Crippen LogP contribution < -0.4 is 4.74 Å². The van der Waals surface area contributed by atoms with Crippen LogP contribution in [0.5, 0.6) is 5.75 Å². The quantitative estimate of drug-likeness (QED) is 0.766. The van der Waals surface area contributed by atoms with E-state index in [1.807, 2.05) is 13.8 Å². The number of aliphatic carboxylic acids is 1. The lowest BCUT2D eigenvalue weighted by Crippen LogP contribution is -2.32. The van der Waals surface area contributed by atoms with Crippen molar-refractivity contribution in [3.63, 3.8) is 0 Å². The summed E-state index contributed by atoms with van der Waals surface area (Å²) in [5.74, 6) is -1.16. The molecule has 1 aromatic carbocycles. The summed E-state index contributed by atoms with van der Waals surface area (Å²) in [5.41, 5.74) is 3.46. The summed E-state index contributed by atoms with van der Waals surface area (Å²) >= 11 is 0. The van der Waals surface area contributed by atoms with Gasteiger partial charge in [-0.3, -0.25) is 14.8 Å². The molecular weight excluding hydrogens is 325 g/mol. The fourth-order valence-corrected chi connectivity index (χ4v) is 3.05. The Labute approximate surface area is 146 Å². The standard InChI is InChI=1S/C18H24FN3O3/c1-11-14(12(2)21-20-11)6-5-9-22(3)17(18(23)24)15-10-13(19)7-8-16(15)25-4/h7-8,10,17H,5-6,9H2,1-4H3,(H,20,21)(H,23,24)/t17-/m1/s1. The molecule has 0 fully saturated rings. The largest absolute Gasteiger partial charge is 0.496 e. The summed E-state index contributed by atoms with van der Waals surface area (Å²) in [4.78, 5) is 13.5. The number of hydrogen-bond donors (Lipinski definition) is 2. The summed E-state index contributed by atoms with van der Waals surface area (Å²) in [6, 6.07) is 2.95. The lowest BCUT2D eigenvalue weighted by molar-refractivity contribution is -0.143. The molecule has 6 nitrogen and oxygen atoms in total. The molecule has 7 heteroatoms. The highest BCUT2D eigenvalue weighted by Gasteiger charge is 2.28. The lowest BCUT2D eigenvalue weighted by atomic mass is 10.0. The van der Waals surface area contributed by atoms with E-state index in [1.165, 1.54) is 25.3 Å². The number of hydrogen-bond acceptors (Lipinski definition) is 4. The van der Waals surface area contributed by atoms with Gasteiger partial charge in [0.05, 0.1) is 12.8 Å². The van der Waals surface area contributed by atoms with Gasteiger partial charge in [-0.1, -0.05) is 0 Å². The topological polar surface area (TPSA) is 78.5 Å². The molecule has 0 bridgehead atoms. The maximum atomic E-state index is 13.6. The van der Waals surface area contributed by atoms with Gasteiger partial charge in [0.25, 0.3) is 0 Å². The number of nitrogens with zero attached hydrogens (tertiary/aromatic N) is 2. The molecule has 0 spiro atoms. The number of carboxylic acids is 1. The van der Waals surface area contributed by atoms with Gasteiger partial charge in [-0.15, -0.1) is 0 Å². The van der Waals surface area contributed by atoms with Crippen molar-refractivity contribution >= 4 is 5.97 Å². The summed E-state index contributed by atoms with van der Waals surface area (Å²) in [5, 5.41) is 16.8. The fourth-order valence-electron chi connectivity index (χ4n) is 3.05. The molecule has 0 saturated heterocycles. The Morgan fingerprint density at radius 3 is 2.72 bits per heavy atom. The van der Waals surface area contributed by atoms with E-state index in [0.717, 1.165) is 29.8 Å². The minimum atomic E-state index is -1.04. The van der Waals surface area contributed by atoms with E-state index in [4.69, 9.17) is 4.74 Å². The SMILES string of the molecule is COc1ccc(F)cc1[C@H](C(=O)O)N(C)CCCc1c(C)n[nH]c1C. The molecule has 0 aliphatic rings. The fraction of sp³-hybridized carbons (Fsp3) is 0.444. The van der Waals surface area contributed by atoms with Crippen LogP contribution in [0.2, 0.25) is 0 Å². The van der Waals surface area contributed by atoms with E-state index in [1.54, 1.807) is 11.9 Å². The van der Waals surface area contributed by atoms with Crippen molar-refractivity contribution < 1.29 is 19.0 Å². The molecule has 0 radical (unpaired) electrons. The third-order valence-corrected chi connectivity index (χ3v) is 4.38. The first-order valence-electron chi connectivity index (χ1n) is 8.12. The molecule has 2 aromatic rings. The number of methoxy groups -OCH3 is 1. The molecule has 1 atom stereocenters. The van der Waals surface area contributed by atoms with E-state index in [2.05, 4.69) is 10.2 Å². The Kier molecular flexibility index (Phi) is 6.14. The van der Waals surface area contributed by atoms with Gasteiger partial charge in [-0.25, -0.2) is 4.39 Å². The molecule has 136 valence electrons. The van der Waals surface area contributed by atoms with Gasteiger partial charge in [0.15, 0.2) is 0 Å². The number of aromatic nitrogens is 2. The van der Waals surface area contributed by atoms with Crippen LogP contribution in [0.1, 0.15) is 35.0 Å². The van der Waals surface area contributed by atoms with Gasteiger partial charge in [0, 0.05) is 11.3 Å². The first kappa shape index (κ1) is 18.9. The van der Waals surface area contributed by atoms with Crippen molar-refractivity contribution in [2.75, 3.05) is 20.7 Å². The van der Waals surface area contributed by atoms with Crippen molar-refractivity contribution in [2.45, 2.75) is 32.7 Å². The normalized spacial score (nSPS) is 12.4. The van der Waals surface area contributed by atoms with Gasteiger partial charge in [0.1, 0.15) is 17.6 Å². The maximum Gasteiger partial charge on any atom is 0.325 e. The highest BCUT2D eigenvalue weighted by molar-refractivity contribution is 5.76. The van der Waals surface area contributed by atoms with E-state index < -0.39 is 17.8 Å². The highest BCUT2D eigenvalue weighted by atomic mass is 19.1. The van der Waals surface area contributed by atoms with Crippen LogP contribution in [-0.4, -0.2) is 46.9 Å². The third kappa shape index (κ3) is 4.36. The lowest BCUT2D eigenvalue weighted by Gasteiger charge is -2.26. The summed E-state index contributed by atoms with van der Waals surface area (Å²) in [7, 11) is 3.16. The van der Waals surface area contributed by atoms with Crippen LogP contribution in [0.3, 0.4) is 0 Å². The Morgan fingerprint density at radius 2 is 2.16 bits per heavy atom. The van der Waals surface area contributed by atoms with Gasteiger partial charge in [-0.2, -0.15) is 5.10 Å². The predicted molar refractivity (Wildman–Crippen MR) is 92.3 cm³/mol. The zero-order chi connectivity index (χ0) is 18.6. The van der Waals surface area contributed by atoms with Crippen LogP contribution in [0.15, 0.2) is 18.2 Å². The number of nitrogens with one attached hydrogen (secondary N) is 1. The van der Waals surface area contributed by atoms with Gasteiger partial charge >= 0.3 is 5.97 Å². The molecule has 2 N–H and O–H groups in total. The van der Waals surface area contributed by atoms with Crippen molar-refractivity contribution in [1.82, 2.24) is 15.1 Å². The van der Waals surface area contributed by atoms with Crippen molar-refractivity contribution in [3.8, 4) is 5.75 Å². The molecule has 0 saturated carbocycles. The average molecular weight is 349 g/mol. The minimum Gasteiger partial charge on any atom is -0.496 e. The van der Waals surface area contributed by atoms with Gasteiger partial charge in [-0.05, 0) is 64.0 Å². The first-order chi connectivity index (χ1) is 11.8. The van der Waals surface area contributed by atoms with E-state index in [-0.39, 0.29) is 0 Å². The van der Waals surface area contributed by atoms with Crippen LogP contribution in [0.4, 0.5) is 4.39 Å². The van der Waals surface area contributed by atoms with Crippen LogP contribution in [0.25, 0.3) is 0 Å². The predicted octanol–water partition coefficient (Wildman–Crippen LogP) is 2.86. The smallest absolute Gasteiger partial charge is 0.325 e. The molecule has 1 heterocycles. The number of halogens is 1. The van der Waals surface area contributed by atoms with Crippen molar-refractivity contribution in [3.05, 3.63) is 46.5 Å². The molecule has 0 amide bonds. The first-order valence-corrected chi connectivity index (χ1v) is 8.12. The molecule has 1 aromatic heterocycles. The van der Waals surface area contributed by atoms with Crippen molar-refractivity contribution in [2.24, 2.45) is 0 Å². The zero-order valence-corrected chi connectivity index (χ0v) is 15.0. The highest BCUT2D eigenvalue weighted by Crippen LogP contribution is 2.30. The average Bonchev–Trinajstić information content (AvgIpc) is 2.87. The Hall–Kier alpha value is -2.41. The summed E-state index contributed by atoms with van der Waals surface area (Å²) in [6.45, 7) is 4.46. The second kappa shape index (κ2) is 8.11.